The lowest BCUT2D eigenvalue weighted by Crippen LogP contribution is -2.31. The Kier molecular flexibility index (Phi) is 5.74. The van der Waals surface area contributed by atoms with Crippen LogP contribution in [0.5, 0.6) is 5.75 Å². The molecule has 6 nitrogen and oxygen atoms in total. The molecule has 0 bridgehead atoms. The Balaban J connectivity index is 2.98. The molecule has 0 saturated carbocycles. The zero-order valence-corrected chi connectivity index (χ0v) is 12.2. The summed E-state index contributed by atoms with van der Waals surface area (Å²) in [5.41, 5.74) is 0.522. The van der Waals surface area contributed by atoms with Gasteiger partial charge >= 0.3 is 0 Å². The molecule has 0 heterocycles. The average molecular weight is 288 g/mol. The number of hydrogen-bond donors (Lipinski definition) is 2. The van der Waals surface area contributed by atoms with E-state index in [0.717, 1.165) is 0 Å². The van der Waals surface area contributed by atoms with Crippen LogP contribution in [0.25, 0.3) is 0 Å². The molecule has 1 aromatic carbocycles. The van der Waals surface area contributed by atoms with Crippen LogP contribution in [0.3, 0.4) is 0 Å². The van der Waals surface area contributed by atoms with Crippen LogP contribution < -0.4 is 9.46 Å². The molecule has 2 N–H and O–H groups in total. The van der Waals surface area contributed by atoms with Gasteiger partial charge in [0, 0.05) is 13.1 Å². The van der Waals surface area contributed by atoms with E-state index in [1.165, 1.54) is 19.2 Å². The predicted molar refractivity (Wildman–Crippen MR) is 72.7 cm³/mol. The summed E-state index contributed by atoms with van der Waals surface area (Å²) in [6.45, 7) is 0.688. The smallest absolute Gasteiger partial charge is 0.244 e. The molecule has 0 atom stereocenters. The summed E-state index contributed by atoms with van der Waals surface area (Å²) in [5, 5.41) is 9.08. The highest BCUT2D eigenvalue weighted by atomic mass is 32.2. The average Bonchev–Trinajstić information content (AvgIpc) is 2.37. The van der Waals surface area contributed by atoms with Gasteiger partial charge in [0.2, 0.25) is 10.0 Å². The minimum absolute atomic E-state index is 0.0420. The number of likely N-dealkylation sites (N-methyl/N-ethyl adjacent to an activating group) is 1. The maximum atomic E-state index is 12.2. The van der Waals surface area contributed by atoms with Crippen LogP contribution >= 0.6 is 0 Å². The van der Waals surface area contributed by atoms with Crippen molar-refractivity contribution >= 4 is 10.0 Å². The standard InChI is InChI=1S/C12H20N2O4S/c1-14(2)7-6-13-19(16,17)12-8-10(9-15)4-5-11(12)18-3/h4-5,8,13,15H,6-7,9H2,1-3H3. The molecule has 1 rings (SSSR count). The van der Waals surface area contributed by atoms with Crippen molar-refractivity contribution in [2.45, 2.75) is 11.5 Å². The lowest BCUT2D eigenvalue weighted by molar-refractivity contribution is 0.281. The number of ether oxygens (including phenoxy) is 1. The largest absolute Gasteiger partial charge is 0.495 e. The molecule has 0 spiro atoms. The summed E-state index contributed by atoms with van der Waals surface area (Å²) in [6, 6.07) is 4.57. The van der Waals surface area contributed by atoms with Crippen LogP contribution in [-0.2, 0) is 16.6 Å². The number of hydrogen-bond acceptors (Lipinski definition) is 5. The van der Waals surface area contributed by atoms with Crippen molar-refractivity contribution < 1.29 is 18.3 Å². The van der Waals surface area contributed by atoms with Crippen LogP contribution in [-0.4, -0.2) is 52.7 Å². The van der Waals surface area contributed by atoms with E-state index in [9.17, 15) is 8.42 Å². The van der Waals surface area contributed by atoms with Gasteiger partial charge in [-0.05, 0) is 31.8 Å². The molecule has 1 aromatic rings. The number of aliphatic hydroxyl groups is 1. The highest BCUT2D eigenvalue weighted by Gasteiger charge is 2.19. The first kappa shape index (κ1) is 15.9. The second kappa shape index (κ2) is 6.85. The van der Waals surface area contributed by atoms with Gasteiger partial charge < -0.3 is 14.7 Å². The van der Waals surface area contributed by atoms with E-state index in [1.807, 2.05) is 19.0 Å². The third-order valence-corrected chi connectivity index (χ3v) is 4.03. The van der Waals surface area contributed by atoms with Crippen molar-refractivity contribution in [3.05, 3.63) is 23.8 Å². The molecule has 0 unspecified atom stereocenters. The van der Waals surface area contributed by atoms with Crippen LogP contribution in [0.2, 0.25) is 0 Å². The van der Waals surface area contributed by atoms with Gasteiger partial charge in [-0.3, -0.25) is 0 Å². The van der Waals surface area contributed by atoms with Gasteiger partial charge in [0.15, 0.2) is 0 Å². The number of nitrogens with zero attached hydrogens (tertiary/aromatic N) is 1. The van der Waals surface area contributed by atoms with E-state index < -0.39 is 10.0 Å². The van der Waals surface area contributed by atoms with E-state index in [2.05, 4.69) is 4.72 Å². The van der Waals surface area contributed by atoms with E-state index >= 15 is 0 Å². The van der Waals surface area contributed by atoms with Crippen LogP contribution in [0.1, 0.15) is 5.56 Å². The number of benzene rings is 1. The van der Waals surface area contributed by atoms with Gasteiger partial charge in [-0.1, -0.05) is 6.07 Å². The van der Waals surface area contributed by atoms with E-state index in [4.69, 9.17) is 9.84 Å². The molecule has 0 fully saturated rings. The Morgan fingerprint density at radius 1 is 1.37 bits per heavy atom. The highest BCUT2D eigenvalue weighted by molar-refractivity contribution is 7.89. The summed E-state index contributed by atoms with van der Waals surface area (Å²) in [6.07, 6.45) is 0. The van der Waals surface area contributed by atoms with Gasteiger partial charge in [0.05, 0.1) is 13.7 Å². The summed E-state index contributed by atoms with van der Waals surface area (Å²) < 4.78 is 31.9. The van der Waals surface area contributed by atoms with Gasteiger partial charge in [-0.25, -0.2) is 13.1 Å². The SMILES string of the molecule is COc1ccc(CO)cc1S(=O)(=O)NCCN(C)C. The summed E-state index contributed by atoms with van der Waals surface area (Å²) in [5.74, 6) is 0.259. The van der Waals surface area contributed by atoms with Gasteiger partial charge in [0.1, 0.15) is 10.6 Å². The molecule has 7 heteroatoms. The molecular formula is C12H20N2O4S. The molecule has 108 valence electrons. The Bertz CT molecular complexity index is 514. The summed E-state index contributed by atoms with van der Waals surface area (Å²) >= 11 is 0. The van der Waals surface area contributed by atoms with E-state index in [-0.39, 0.29) is 17.3 Å². The maximum absolute atomic E-state index is 12.2. The fraction of sp³-hybridized carbons (Fsp3) is 0.500. The maximum Gasteiger partial charge on any atom is 0.244 e. The summed E-state index contributed by atoms with van der Waals surface area (Å²) in [7, 11) is 1.49. The second-order valence-electron chi connectivity index (χ2n) is 4.34. The Morgan fingerprint density at radius 2 is 2.05 bits per heavy atom. The molecule has 0 aliphatic heterocycles. The van der Waals surface area contributed by atoms with E-state index in [0.29, 0.717) is 18.7 Å². The van der Waals surface area contributed by atoms with Crippen molar-refractivity contribution in [2.75, 3.05) is 34.3 Å². The van der Waals surface area contributed by atoms with Crippen LogP contribution in [0.4, 0.5) is 0 Å². The normalized spacial score (nSPS) is 11.8. The first-order valence-electron chi connectivity index (χ1n) is 5.83. The van der Waals surface area contributed by atoms with E-state index in [1.54, 1.807) is 6.07 Å². The van der Waals surface area contributed by atoms with Crippen LogP contribution in [0, 0.1) is 0 Å². The second-order valence-corrected chi connectivity index (χ2v) is 6.08. The monoisotopic (exact) mass is 288 g/mol. The lowest BCUT2D eigenvalue weighted by atomic mass is 10.2. The fourth-order valence-electron chi connectivity index (χ4n) is 1.51. The minimum Gasteiger partial charge on any atom is -0.495 e. The topological polar surface area (TPSA) is 78.9 Å². The molecular weight excluding hydrogens is 268 g/mol. The zero-order valence-electron chi connectivity index (χ0n) is 11.4. The van der Waals surface area contributed by atoms with Crippen molar-refractivity contribution in [2.24, 2.45) is 0 Å². The lowest BCUT2D eigenvalue weighted by Gasteiger charge is -2.13. The molecule has 0 amide bonds. The molecule has 0 aliphatic carbocycles. The van der Waals surface area contributed by atoms with Crippen LogP contribution in [0.15, 0.2) is 23.1 Å². The molecule has 0 aliphatic rings. The minimum atomic E-state index is -3.64. The molecule has 0 radical (unpaired) electrons. The number of aliphatic hydroxyl groups excluding tert-OH is 1. The molecule has 0 aromatic heterocycles. The van der Waals surface area contributed by atoms with Crippen molar-refractivity contribution in [3.63, 3.8) is 0 Å². The Labute approximate surface area is 114 Å². The predicted octanol–water partition coefficient (Wildman–Crippen LogP) is 0.0274. The number of sulfonamides is 1. The zero-order chi connectivity index (χ0) is 14.5. The fourth-order valence-corrected chi connectivity index (χ4v) is 2.75. The summed E-state index contributed by atoms with van der Waals surface area (Å²) in [4.78, 5) is 1.92. The van der Waals surface area contributed by atoms with Crippen molar-refractivity contribution in [3.8, 4) is 5.75 Å². The van der Waals surface area contributed by atoms with Gasteiger partial charge in [-0.2, -0.15) is 0 Å². The molecule has 0 saturated heterocycles. The van der Waals surface area contributed by atoms with Gasteiger partial charge in [-0.15, -0.1) is 0 Å². The number of nitrogens with one attached hydrogen (secondary N) is 1. The van der Waals surface area contributed by atoms with Crippen molar-refractivity contribution in [1.29, 1.82) is 0 Å². The van der Waals surface area contributed by atoms with Crippen molar-refractivity contribution in [1.82, 2.24) is 9.62 Å². The third kappa shape index (κ3) is 4.46. The third-order valence-electron chi connectivity index (χ3n) is 2.55. The first-order chi connectivity index (χ1) is 8.90. The molecule has 19 heavy (non-hydrogen) atoms. The number of rotatable bonds is 7. The van der Waals surface area contributed by atoms with Gasteiger partial charge in [0.25, 0.3) is 0 Å². The first-order valence-corrected chi connectivity index (χ1v) is 7.31. The Morgan fingerprint density at radius 3 is 2.58 bits per heavy atom. The highest BCUT2D eigenvalue weighted by Crippen LogP contribution is 2.24. The number of methoxy groups -OCH3 is 1. The quantitative estimate of drug-likeness (QED) is 0.740. The Hall–Kier alpha value is -1.15.